The monoisotopic (exact) mass is 292 g/mol. The Balaban J connectivity index is 2.91. The SMILES string of the molecule is CC/C=C/CC(C(=O)OC(C)(C)C)C1=CC(=O)C(C)CC1. The quantitative estimate of drug-likeness (QED) is 0.562. The van der Waals surface area contributed by atoms with E-state index in [1.54, 1.807) is 6.08 Å². The molecule has 0 saturated carbocycles. The molecule has 118 valence electrons. The number of hydrogen-bond donors (Lipinski definition) is 0. The highest BCUT2D eigenvalue weighted by molar-refractivity contribution is 5.94. The summed E-state index contributed by atoms with van der Waals surface area (Å²) < 4.78 is 5.52. The molecular weight excluding hydrogens is 264 g/mol. The first-order chi connectivity index (χ1) is 9.74. The number of carbonyl (C=O) groups is 2. The highest BCUT2D eigenvalue weighted by Gasteiger charge is 2.30. The molecule has 2 unspecified atom stereocenters. The van der Waals surface area contributed by atoms with E-state index in [1.165, 1.54) is 0 Å². The second-order valence-electron chi connectivity index (χ2n) is 6.76. The lowest BCUT2D eigenvalue weighted by atomic mass is 9.82. The van der Waals surface area contributed by atoms with Crippen LogP contribution in [-0.2, 0) is 14.3 Å². The van der Waals surface area contributed by atoms with Crippen molar-refractivity contribution in [2.24, 2.45) is 11.8 Å². The van der Waals surface area contributed by atoms with Gasteiger partial charge < -0.3 is 4.74 Å². The minimum absolute atomic E-state index is 0.0687. The molecule has 0 aromatic rings. The summed E-state index contributed by atoms with van der Waals surface area (Å²) in [5.74, 6) is -0.358. The molecule has 21 heavy (non-hydrogen) atoms. The van der Waals surface area contributed by atoms with Crippen LogP contribution in [0.3, 0.4) is 0 Å². The first-order valence-electron chi connectivity index (χ1n) is 7.86. The zero-order valence-electron chi connectivity index (χ0n) is 13.9. The molecule has 0 aromatic heterocycles. The largest absolute Gasteiger partial charge is 0.459 e. The predicted molar refractivity (Wildman–Crippen MR) is 84.9 cm³/mol. The average molecular weight is 292 g/mol. The molecule has 0 radical (unpaired) electrons. The fourth-order valence-electron chi connectivity index (χ4n) is 2.37. The van der Waals surface area contributed by atoms with Crippen LogP contribution >= 0.6 is 0 Å². The van der Waals surface area contributed by atoms with Crippen LogP contribution in [-0.4, -0.2) is 17.4 Å². The summed E-state index contributed by atoms with van der Waals surface area (Å²) in [5, 5.41) is 0. The number of carbonyl (C=O) groups excluding carboxylic acids is 2. The Bertz CT molecular complexity index is 438. The summed E-state index contributed by atoms with van der Waals surface area (Å²) in [5.41, 5.74) is 0.421. The Morgan fingerprint density at radius 1 is 1.43 bits per heavy atom. The fraction of sp³-hybridized carbons (Fsp3) is 0.667. The number of ketones is 1. The molecule has 0 spiro atoms. The molecule has 0 saturated heterocycles. The Morgan fingerprint density at radius 3 is 2.62 bits per heavy atom. The van der Waals surface area contributed by atoms with Gasteiger partial charge in [-0.25, -0.2) is 0 Å². The lowest BCUT2D eigenvalue weighted by Crippen LogP contribution is -2.31. The van der Waals surface area contributed by atoms with Crippen molar-refractivity contribution >= 4 is 11.8 Å². The zero-order valence-corrected chi connectivity index (χ0v) is 13.9. The van der Waals surface area contributed by atoms with E-state index >= 15 is 0 Å². The molecule has 0 fully saturated rings. The van der Waals surface area contributed by atoms with Gasteiger partial charge in [-0.05, 0) is 52.5 Å². The predicted octanol–water partition coefficient (Wildman–Crippen LogP) is 4.23. The van der Waals surface area contributed by atoms with Gasteiger partial charge in [-0.1, -0.05) is 31.6 Å². The van der Waals surface area contributed by atoms with Crippen LogP contribution in [0.25, 0.3) is 0 Å². The van der Waals surface area contributed by atoms with Gasteiger partial charge in [-0.15, -0.1) is 0 Å². The number of esters is 1. The first kappa shape index (κ1) is 17.7. The molecule has 1 aliphatic carbocycles. The zero-order chi connectivity index (χ0) is 16.0. The molecule has 1 rings (SSSR count). The number of allylic oxidation sites excluding steroid dienone is 3. The third-order valence-corrected chi connectivity index (χ3v) is 3.59. The maximum Gasteiger partial charge on any atom is 0.313 e. The van der Waals surface area contributed by atoms with Crippen molar-refractivity contribution in [3.8, 4) is 0 Å². The van der Waals surface area contributed by atoms with Crippen molar-refractivity contribution in [1.29, 1.82) is 0 Å². The van der Waals surface area contributed by atoms with Crippen molar-refractivity contribution in [2.45, 2.75) is 65.9 Å². The van der Waals surface area contributed by atoms with Crippen LogP contribution in [0, 0.1) is 11.8 Å². The van der Waals surface area contributed by atoms with Crippen LogP contribution in [0.15, 0.2) is 23.8 Å². The minimum atomic E-state index is -0.504. The molecule has 0 heterocycles. The molecule has 0 aromatic carbocycles. The van der Waals surface area contributed by atoms with E-state index in [1.807, 2.05) is 39.8 Å². The normalized spacial score (nSPS) is 21.3. The topological polar surface area (TPSA) is 43.4 Å². The maximum atomic E-state index is 12.4. The van der Waals surface area contributed by atoms with Crippen LogP contribution < -0.4 is 0 Å². The van der Waals surface area contributed by atoms with Crippen molar-refractivity contribution < 1.29 is 14.3 Å². The molecule has 3 heteroatoms. The van der Waals surface area contributed by atoms with Crippen LogP contribution in [0.4, 0.5) is 0 Å². The van der Waals surface area contributed by atoms with Crippen molar-refractivity contribution in [3.05, 3.63) is 23.8 Å². The van der Waals surface area contributed by atoms with Crippen LogP contribution in [0.1, 0.15) is 60.3 Å². The van der Waals surface area contributed by atoms with Gasteiger partial charge in [0.2, 0.25) is 0 Å². The van der Waals surface area contributed by atoms with Crippen molar-refractivity contribution in [2.75, 3.05) is 0 Å². The summed E-state index contributed by atoms with van der Waals surface area (Å²) in [6.45, 7) is 9.60. The van der Waals surface area contributed by atoms with Gasteiger partial charge in [0.05, 0.1) is 5.92 Å². The summed E-state index contributed by atoms with van der Waals surface area (Å²) >= 11 is 0. The van der Waals surface area contributed by atoms with Gasteiger partial charge in [-0.3, -0.25) is 9.59 Å². The maximum absolute atomic E-state index is 12.4. The van der Waals surface area contributed by atoms with Crippen molar-refractivity contribution in [3.63, 3.8) is 0 Å². The lowest BCUT2D eigenvalue weighted by molar-refractivity contribution is -0.158. The van der Waals surface area contributed by atoms with E-state index in [0.717, 1.165) is 24.8 Å². The second kappa shape index (κ2) is 7.58. The molecule has 0 aliphatic heterocycles. The highest BCUT2D eigenvalue weighted by atomic mass is 16.6. The van der Waals surface area contributed by atoms with Gasteiger partial charge in [-0.2, -0.15) is 0 Å². The lowest BCUT2D eigenvalue weighted by Gasteiger charge is -2.27. The summed E-state index contributed by atoms with van der Waals surface area (Å²) in [6, 6.07) is 0. The van der Waals surface area contributed by atoms with Gasteiger partial charge in [0.15, 0.2) is 5.78 Å². The average Bonchev–Trinajstić information content (AvgIpc) is 2.36. The molecule has 0 N–H and O–H groups in total. The van der Waals surface area contributed by atoms with E-state index in [4.69, 9.17) is 4.74 Å². The Hall–Kier alpha value is -1.38. The van der Waals surface area contributed by atoms with Gasteiger partial charge >= 0.3 is 5.97 Å². The summed E-state index contributed by atoms with van der Waals surface area (Å²) in [6.07, 6.45) is 8.90. The molecule has 0 bridgehead atoms. The third-order valence-electron chi connectivity index (χ3n) is 3.59. The number of hydrogen-bond acceptors (Lipinski definition) is 3. The van der Waals surface area contributed by atoms with Crippen LogP contribution in [0.2, 0.25) is 0 Å². The van der Waals surface area contributed by atoms with Crippen LogP contribution in [0.5, 0.6) is 0 Å². The Labute approximate surface area is 128 Å². The molecule has 3 nitrogen and oxygen atoms in total. The first-order valence-corrected chi connectivity index (χ1v) is 7.86. The Morgan fingerprint density at radius 2 is 2.10 bits per heavy atom. The van der Waals surface area contributed by atoms with Crippen molar-refractivity contribution in [1.82, 2.24) is 0 Å². The summed E-state index contributed by atoms with van der Waals surface area (Å²) in [7, 11) is 0. The van der Waals surface area contributed by atoms with E-state index in [-0.39, 0.29) is 23.6 Å². The van der Waals surface area contributed by atoms with E-state index in [2.05, 4.69) is 6.92 Å². The molecule has 0 amide bonds. The Kier molecular flexibility index (Phi) is 6.38. The summed E-state index contributed by atoms with van der Waals surface area (Å²) in [4.78, 5) is 24.3. The molecule has 2 atom stereocenters. The number of rotatable bonds is 5. The highest BCUT2D eigenvalue weighted by Crippen LogP contribution is 2.30. The minimum Gasteiger partial charge on any atom is -0.459 e. The molecule has 1 aliphatic rings. The number of ether oxygens (including phenoxy) is 1. The smallest absolute Gasteiger partial charge is 0.313 e. The second-order valence-corrected chi connectivity index (χ2v) is 6.76. The third kappa shape index (κ3) is 5.86. The van der Waals surface area contributed by atoms with Gasteiger partial charge in [0.1, 0.15) is 5.60 Å². The van der Waals surface area contributed by atoms with Gasteiger partial charge in [0.25, 0.3) is 0 Å². The standard InChI is InChI=1S/C18H28O3/c1-6-7-8-9-15(17(20)21-18(3,4)5)14-11-10-13(2)16(19)12-14/h7-8,12-13,15H,6,9-11H2,1-5H3/b8-7+. The molecular formula is C18H28O3. The van der Waals surface area contributed by atoms with E-state index in [9.17, 15) is 9.59 Å². The van der Waals surface area contributed by atoms with E-state index in [0.29, 0.717) is 6.42 Å². The fourth-order valence-corrected chi connectivity index (χ4v) is 2.37. The van der Waals surface area contributed by atoms with E-state index < -0.39 is 5.60 Å². The van der Waals surface area contributed by atoms with Gasteiger partial charge in [0, 0.05) is 5.92 Å².